The summed E-state index contributed by atoms with van der Waals surface area (Å²) >= 11 is 11.9. The lowest BCUT2D eigenvalue weighted by atomic mass is 10.0. The SMILES string of the molecule is OC(Cc1ccc(Cl)cc1Cl)c1ccncc1. The molecule has 0 bridgehead atoms. The van der Waals surface area contributed by atoms with Gasteiger partial charge in [0.2, 0.25) is 0 Å². The Labute approximate surface area is 110 Å². The predicted molar refractivity (Wildman–Crippen MR) is 69.4 cm³/mol. The van der Waals surface area contributed by atoms with Crippen molar-refractivity contribution in [1.29, 1.82) is 0 Å². The Bertz CT molecular complexity index is 502. The first-order valence-corrected chi connectivity index (χ1v) is 5.94. The fraction of sp³-hybridized carbons (Fsp3) is 0.154. The van der Waals surface area contributed by atoms with Gasteiger partial charge >= 0.3 is 0 Å². The average Bonchev–Trinajstić information content (AvgIpc) is 2.34. The van der Waals surface area contributed by atoms with Crippen LogP contribution in [0.2, 0.25) is 10.0 Å². The lowest BCUT2D eigenvalue weighted by Gasteiger charge is -2.12. The molecule has 0 amide bonds. The highest BCUT2D eigenvalue weighted by atomic mass is 35.5. The van der Waals surface area contributed by atoms with Crippen LogP contribution in [0, 0.1) is 0 Å². The van der Waals surface area contributed by atoms with E-state index >= 15 is 0 Å². The second-order valence-corrected chi connectivity index (χ2v) is 4.58. The van der Waals surface area contributed by atoms with E-state index < -0.39 is 6.10 Å². The van der Waals surface area contributed by atoms with E-state index in [-0.39, 0.29) is 0 Å². The number of aromatic nitrogens is 1. The van der Waals surface area contributed by atoms with Crippen LogP contribution >= 0.6 is 23.2 Å². The first-order valence-electron chi connectivity index (χ1n) is 5.19. The molecule has 0 saturated carbocycles. The number of aliphatic hydroxyl groups is 1. The minimum Gasteiger partial charge on any atom is -0.388 e. The van der Waals surface area contributed by atoms with Gasteiger partial charge in [-0.15, -0.1) is 0 Å². The molecular formula is C13H11Cl2NO. The van der Waals surface area contributed by atoms with Crippen molar-refractivity contribution in [3.05, 3.63) is 63.9 Å². The van der Waals surface area contributed by atoms with Gasteiger partial charge in [0.25, 0.3) is 0 Å². The van der Waals surface area contributed by atoms with Crippen molar-refractivity contribution in [2.45, 2.75) is 12.5 Å². The van der Waals surface area contributed by atoms with E-state index in [4.69, 9.17) is 23.2 Å². The van der Waals surface area contributed by atoms with Gasteiger partial charge in [-0.1, -0.05) is 29.3 Å². The summed E-state index contributed by atoms with van der Waals surface area (Å²) in [6, 6.07) is 8.85. The summed E-state index contributed by atoms with van der Waals surface area (Å²) in [7, 11) is 0. The maximum absolute atomic E-state index is 10.0. The third kappa shape index (κ3) is 3.19. The molecule has 88 valence electrons. The summed E-state index contributed by atoms with van der Waals surface area (Å²) in [6.07, 6.45) is 3.18. The van der Waals surface area contributed by atoms with Crippen molar-refractivity contribution in [2.75, 3.05) is 0 Å². The van der Waals surface area contributed by atoms with Gasteiger partial charge in [0.05, 0.1) is 6.10 Å². The highest BCUT2D eigenvalue weighted by Crippen LogP contribution is 2.25. The zero-order valence-corrected chi connectivity index (χ0v) is 10.5. The third-order valence-electron chi connectivity index (χ3n) is 2.52. The summed E-state index contributed by atoms with van der Waals surface area (Å²) in [4.78, 5) is 3.91. The lowest BCUT2D eigenvalue weighted by molar-refractivity contribution is 0.178. The van der Waals surface area contributed by atoms with Crippen LogP contribution in [0.25, 0.3) is 0 Å². The standard InChI is InChI=1S/C13H11Cl2NO/c14-11-2-1-10(12(15)8-11)7-13(17)9-3-5-16-6-4-9/h1-6,8,13,17H,7H2. The molecule has 0 fully saturated rings. The van der Waals surface area contributed by atoms with Crippen LogP contribution in [0.4, 0.5) is 0 Å². The summed E-state index contributed by atoms with van der Waals surface area (Å²) in [5.41, 5.74) is 1.70. The second kappa shape index (κ2) is 5.50. The van der Waals surface area contributed by atoms with Crippen LogP contribution in [-0.2, 0) is 6.42 Å². The first-order chi connectivity index (χ1) is 8.16. The molecule has 2 nitrogen and oxygen atoms in total. The van der Waals surface area contributed by atoms with Crippen LogP contribution < -0.4 is 0 Å². The minimum absolute atomic E-state index is 0.458. The second-order valence-electron chi connectivity index (χ2n) is 3.74. The van der Waals surface area contributed by atoms with Crippen LogP contribution in [0.1, 0.15) is 17.2 Å². The summed E-state index contributed by atoms with van der Waals surface area (Å²) in [5, 5.41) is 11.2. The van der Waals surface area contributed by atoms with E-state index in [2.05, 4.69) is 4.98 Å². The van der Waals surface area contributed by atoms with Crippen molar-refractivity contribution in [1.82, 2.24) is 4.98 Å². The molecule has 17 heavy (non-hydrogen) atoms. The van der Waals surface area contributed by atoms with Gasteiger partial charge < -0.3 is 5.11 Å². The molecule has 0 saturated heterocycles. The van der Waals surface area contributed by atoms with E-state index in [1.165, 1.54) is 0 Å². The van der Waals surface area contributed by atoms with E-state index in [1.807, 2.05) is 6.07 Å². The number of aliphatic hydroxyl groups excluding tert-OH is 1. The molecule has 0 aliphatic carbocycles. The highest BCUT2D eigenvalue weighted by molar-refractivity contribution is 6.35. The number of hydrogen-bond donors (Lipinski definition) is 1. The fourth-order valence-electron chi connectivity index (χ4n) is 1.60. The molecule has 2 aromatic rings. The Morgan fingerprint density at radius 2 is 1.82 bits per heavy atom. The fourth-order valence-corrected chi connectivity index (χ4v) is 2.08. The van der Waals surface area contributed by atoms with Gasteiger partial charge in [0.15, 0.2) is 0 Å². The van der Waals surface area contributed by atoms with E-state index in [9.17, 15) is 5.11 Å². The van der Waals surface area contributed by atoms with Crippen molar-refractivity contribution < 1.29 is 5.11 Å². The maximum atomic E-state index is 10.0. The monoisotopic (exact) mass is 267 g/mol. The lowest BCUT2D eigenvalue weighted by Crippen LogP contribution is -2.02. The van der Waals surface area contributed by atoms with Crippen LogP contribution in [-0.4, -0.2) is 10.1 Å². The Morgan fingerprint density at radius 3 is 2.47 bits per heavy atom. The van der Waals surface area contributed by atoms with Crippen molar-refractivity contribution in [3.8, 4) is 0 Å². The summed E-state index contributed by atoms with van der Waals surface area (Å²) < 4.78 is 0. The van der Waals surface area contributed by atoms with Gasteiger partial charge in [-0.05, 0) is 35.4 Å². The molecule has 0 aliphatic rings. The maximum Gasteiger partial charge on any atom is 0.0832 e. The first kappa shape index (κ1) is 12.4. The van der Waals surface area contributed by atoms with Crippen LogP contribution in [0.15, 0.2) is 42.7 Å². The topological polar surface area (TPSA) is 33.1 Å². The molecule has 1 heterocycles. The summed E-state index contributed by atoms with van der Waals surface area (Å²) in [6.45, 7) is 0. The molecule has 2 rings (SSSR count). The molecule has 1 aromatic carbocycles. The number of rotatable bonds is 3. The van der Waals surface area contributed by atoms with Crippen LogP contribution in [0.3, 0.4) is 0 Å². The molecule has 0 radical (unpaired) electrons. The number of hydrogen-bond acceptors (Lipinski definition) is 2. The Morgan fingerprint density at radius 1 is 1.12 bits per heavy atom. The largest absolute Gasteiger partial charge is 0.388 e. The minimum atomic E-state index is -0.586. The van der Waals surface area contributed by atoms with Gasteiger partial charge in [0.1, 0.15) is 0 Å². The van der Waals surface area contributed by atoms with Crippen molar-refractivity contribution in [3.63, 3.8) is 0 Å². The average molecular weight is 268 g/mol. The Balaban J connectivity index is 2.16. The number of halogens is 2. The van der Waals surface area contributed by atoms with Crippen molar-refractivity contribution >= 4 is 23.2 Å². The molecular weight excluding hydrogens is 257 g/mol. The smallest absolute Gasteiger partial charge is 0.0832 e. The zero-order chi connectivity index (χ0) is 12.3. The number of pyridine rings is 1. The van der Waals surface area contributed by atoms with E-state index in [1.54, 1.807) is 36.7 Å². The van der Waals surface area contributed by atoms with Crippen LogP contribution in [0.5, 0.6) is 0 Å². The van der Waals surface area contributed by atoms with Gasteiger partial charge in [-0.25, -0.2) is 0 Å². The third-order valence-corrected chi connectivity index (χ3v) is 3.11. The molecule has 1 aromatic heterocycles. The normalized spacial score (nSPS) is 12.4. The molecule has 0 aliphatic heterocycles. The Kier molecular flexibility index (Phi) is 4.00. The molecule has 1 atom stereocenters. The zero-order valence-electron chi connectivity index (χ0n) is 8.98. The summed E-state index contributed by atoms with van der Waals surface area (Å²) in [5.74, 6) is 0. The predicted octanol–water partition coefficient (Wildman–Crippen LogP) is 3.66. The van der Waals surface area contributed by atoms with E-state index in [0.29, 0.717) is 16.5 Å². The number of benzene rings is 1. The van der Waals surface area contributed by atoms with Crippen molar-refractivity contribution in [2.24, 2.45) is 0 Å². The van der Waals surface area contributed by atoms with Gasteiger partial charge in [0, 0.05) is 28.9 Å². The molecule has 4 heteroatoms. The molecule has 1 unspecified atom stereocenters. The molecule has 0 spiro atoms. The quantitative estimate of drug-likeness (QED) is 0.921. The molecule has 1 N–H and O–H groups in total. The van der Waals surface area contributed by atoms with Gasteiger partial charge in [-0.3, -0.25) is 4.98 Å². The van der Waals surface area contributed by atoms with Gasteiger partial charge in [-0.2, -0.15) is 0 Å². The Hall–Kier alpha value is -1.09. The highest BCUT2D eigenvalue weighted by Gasteiger charge is 2.10. The number of nitrogens with zero attached hydrogens (tertiary/aromatic N) is 1. The van der Waals surface area contributed by atoms with E-state index in [0.717, 1.165) is 11.1 Å².